The first-order chi connectivity index (χ1) is 15.0. The summed E-state index contributed by atoms with van der Waals surface area (Å²) in [5.74, 6) is 0.955. The molecule has 6 nitrogen and oxygen atoms in total. The van der Waals surface area contributed by atoms with Gasteiger partial charge < -0.3 is 14.8 Å². The van der Waals surface area contributed by atoms with Crippen molar-refractivity contribution in [2.45, 2.75) is 39.2 Å². The molecular weight excluding hydrogens is 390 g/mol. The van der Waals surface area contributed by atoms with E-state index in [1.807, 2.05) is 54.6 Å². The average Bonchev–Trinajstić information content (AvgIpc) is 3.09. The summed E-state index contributed by atoms with van der Waals surface area (Å²) in [6, 6.07) is 17.7. The van der Waals surface area contributed by atoms with Crippen molar-refractivity contribution in [2.24, 2.45) is 5.92 Å². The molecular formula is C25H27N3O3. The zero-order chi connectivity index (χ0) is 21.8. The molecule has 0 radical (unpaired) electrons. The molecule has 160 valence electrons. The predicted molar refractivity (Wildman–Crippen MR) is 119 cm³/mol. The van der Waals surface area contributed by atoms with Crippen molar-refractivity contribution in [1.82, 2.24) is 9.97 Å². The number of rotatable bonds is 8. The minimum absolute atomic E-state index is 0.0388. The number of nitrogens with zero attached hydrogens (tertiary/aromatic N) is 2. The van der Waals surface area contributed by atoms with Crippen LogP contribution in [0.1, 0.15) is 42.3 Å². The number of hydrogen-bond donors (Lipinski definition) is 1. The van der Waals surface area contributed by atoms with Crippen molar-refractivity contribution in [3.8, 4) is 11.8 Å². The number of methoxy groups -OCH3 is 1. The van der Waals surface area contributed by atoms with Crippen LogP contribution in [0.2, 0.25) is 0 Å². The van der Waals surface area contributed by atoms with Crippen LogP contribution in [0, 0.1) is 5.92 Å². The molecule has 0 saturated carbocycles. The summed E-state index contributed by atoms with van der Waals surface area (Å²) in [5.41, 5.74) is 4.26. The monoisotopic (exact) mass is 417 g/mol. The summed E-state index contributed by atoms with van der Waals surface area (Å²) in [4.78, 5) is 22.1. The Labute approximate surface area is 182 Å². The van der Waals surface area contributed by atoms with E-state index in [1.165, 1.54) is 0 Å². The Kier molecular flexibility index (Phi) is 6.16. The van der Waals surface area contributed by atoms with Crippen LogP contribution in [-0.4, -0.2) is 23.0 Å². The Morgan fingerprint density at radius 1 is 0.968 bits per heavy atom. The van der Waals surface area contributed by atoms with E-state index in [9.17, 15) is 4.79 Å². The minimum Gasteiger partial charge on any atom is -0.480 e. The maximum Gasteiger partial charge on any atom is 0.236 e. The van der Waals surface area contributed by atoms with Gasteiger partial charge in [0.25, 0.3) is 0 Å². The van der Waals surface area contributed by atoms with E-state index in [1.54, 1.807) is 7.11 Å². The van der Waals surface area contributed by atoms with Gasteiger partial charge in [0, 0.05) is 12.1 Å². The maximum absolute atomic E-state index is 12.6. The van der Waals surface area contributed by atoms with Crippen LogP contribution in [-0.2, 0) is 24.2 Å². The zero-order valence-electron chi connectivity index (χ0n) is 18.1. The molecule has 0 aliphatic carbocycles. The van der Waals surface area contributed by atoms with E-state index < -0.39 is 0 Å². The van der Waals surface area contributed by atoms with Gasteiger partial charge in [-0.05, 0) is 29.5 Å². The van der Waals surface area contributed by atoms with Gasteiger partial charge in [-0.1, -0.05) is 62.4 Å². The lowest BCUT2D eigenvalue weighted by Gasteiger charge is -2.17. The SMILES string of the molecule is COc1nc(CC(C)C)c(OCc2ccccc2)nc1CC1C(=O)Nc2ccccc21. The normalized spacial score (nSPS) is 15.0. The molecule has 1 aliphatic rings. The lowest BCUT2D eigenvalue weighted by Crippen LogP contribution is -2.17. The summed E-state index contributed by atoms with van der Waals surface area (Å²) < 4.78 is 11.7. The Balaban J connectivity index is 1.66. The fourth-order valence-electron chi connectivity index (χ4n) is 3.80. The van der Waals surface area contributed by atoms with Gasteiger partial charge in [-0.15, -0.1) is 0 Å². The number of amides is 1. The Morgan fingerprint density at radius 2 is 1.68 bits per heavy atom. The Morgan fingerprint density at radius 3 is 2.42 bits per heavy atom. The molecule has 1 amide bonds. The molecule has 0 bridgehead atoms. The molecule has 1 aromatic heterocycles. The number of nitrogens with one attached hydrogen (secondary N) is 1. The predicted octanol–water partition coefficient (Wildman–Crippen LogP) is 4.54. The molecule has 6 heteroatoms. The first-order valence-corrected chi connectivity index (χ1v) is 10.6. The van der Waals surface area contributed by atoms with Gasteiger partial charge in [-0.25, -0.2) is 9.97 Å². The number of para-hydroxylation sites is 1. The second-order valence-corrected chi connectivity index (χ2v) is 8.14. The molecule has 1 unspecified atom stereocenters. The number of carbonyl (C=O) groups is 1. The molecule has 0 saturated heterocycles. The van der Waals surface area contributed by atoms with Gasteiger partial charge in [0.05, 0.1) is 13.0 Å². The van der Waals surface area contributed by atoms with E-state index in [2.05, 4.69) is 19.2 Å². The van der Waals surface area contributed by atoms with Crippen LogP contribution in [0.15, 0.2) is 54.6 Å². The van der Waals surface area contributed by atoms with E-state index >= 15 is 0 Å². The number of fused-ring (bicyclic) bond motifs is 1. The number of hydrogen-bond acceptors (Lipinski definition) is 5. The molecule has 1 aliphatic heterocycles. The van der Waals surface area contributed by atoms with Crippen molar-refractivity contribution in [1.29, 1.82) is 0 Å². The number of ether oxygens (including phenoxy) is 2. The highest BCUT2D eigenvalue weighted by Gasteiger charge is 2.32. The highest BCUT2D eigenvalue weighted by Crippen LogP contribution is 2.36. The van der Waals surface area contributed by atoms with Crippen LogP contribution in [0.3, 0.4) is 0 Å². The molecule has 0 fully saturated rings. The van der Waals surface area contributed by atoms with Gasteiger partial charge in [0.15, 0.2) is 0 Å². The summed E-state index contributed by atoms with van der Waals surface area (Å²) in [5, 5.41) is 2.94. The number of anilines is 1. The summed E-state index contributed by atoms with van der Waals surface area (Å²) in [6.07, 6.45) is 1.11. The number of aromatic nitrogens is 2. The molecule has 0 spiro atoms. The lowest BCUT2D eigenvalue weighted by atomic mass is 9.95. The Hall–Kier alpha value is -3.41. The fourth-order valence-corrected chi connectivity index (χ4v) is 3.80. The van der Waals surface area contributed by atoms with Crippen LogP contribution >= 0.6 is 0 Å². The lowest BCUT2D eigenvalue weighted by molar-refractivity contribution is -0.117. The van der Waals surface area contributed by atoms with Gasteiger partial charge in [0.2, 0.25) is 17.7 Å². The Bertz CT molecular complexity index is 1070. The average molecular weight is 418 g/mol. The highest BCUT2D eigenvalue weighted by molar-refractivity contribution is 6.03. The molecule has 1 N–H and O–H groups in total. The van der Waals surface area contributed by atoms with Crippen LogP contribution in [0.25, 0.3) is 0 Å². The third-order valence-corrected chi connectivity index (χ3v) is 5.29. The van der Waals surface area contributed by atoms with Crippen LogP contribution in [0.4, 0.5) is 5.69 Å². The van der Waals surface area contributed by atoms with E-state index in [4.69, 9.17) is 19.4 Å². The zero-order valence-corrected chi connectivity index (χ0v) is 18.1. The fraction of sp³-hybridized carbons (Fsp3) is 0.320. The second kappa shape index (κ2) is 9.16. The quantitative estimate of drug-likeness (QED) is 0.582. The maximum atomic E-state index is 12.6. The first-order valence-electron chi connectivity index (χ1n) is 10.6. The number of carbonyl (C=O) groups excluding carboxylic acids is 1. The van der Waals surface area contributed by atoms with Gasteiger partial charge >= 0.3 is 0 Å². The van der Waals surface area contributed by atoms with Crippen LogP contribution < -0.4 is 14.8 Å². The molecule has 2 heterocycles. The molecule has 4 rings (SSSR count). The van der Waals surface area contributed by atoms with Crippen LogP contribution in [0.5, 0.6) is 11.8 Å². The molecule has 3 aromatic rings. The topological polar surface area (TPSA) is 73.3 Å². The first kappa shape index (κ1) is 20.8. The van der Waals surface area contributed by atoms with E-state index in [0.717, 1.165) is 28.9 Å². The highest BCUT2D eigenvalue weighted by atomic mass is 16.5. The third-order valence-electron chi connectivity index (χ3n) is 5.29. The third kappa shape index (κ3) is 4.68. The van der Waals surface area contributed by atoms with Crippen molar-refractivity contribution in [3.05, 3.63) is 77.1 Å². The van der Waals surface area contributed by atoms with Gasteiger partial charge in [-0.2, -0.15) is 0 Å². The molecule has 1 atom stereocenters. The summed E-state index contributed by atoms with van der Waals surface area (Å²) in [6.45, 7) is 4.66. The molecule has 31 heavy (non-hydrogen) atoms. The smallest absolute Gasteiger partial charge is 0.236 e. The number of benzene rings is 2. The van der Waals surface area contributed by atoms with Crippen molar-refractivity contribution in [3.63, 3.8) is 0 Å². The largest absolute Gasteiger partial charge is 0.480 e. The van der Waals surface area contributed by atoms with Gasteiger partial charge in [-0.3, -0.25) is 4.79 Å². The molecule has 2 aromatic carbocycles. The van der Waals surface area contributed by atoms with Crippen molar-refractivity contribution >= 4 is 11.6 Å². The van der Waals surface area contributed by atoms with E-state index in [0.29, 0.717) is 36.4 Å². The second-order valence-electron chi connectivity index (χ2n) is 8.14. The summed E-state index contributed by atoms with van der Waals surface area (Å²) in [7, 11) is 1.58. The summed E-state index contributed by atoms with van der Waals surface area (Å²) >= 11 is 0. The van der Waals surface area contributed by atoms with Gasteiger partial charge in [0.1, 0.15) is 18.0 Å². The standard InChI is InChI=1S/C25H27N3O3/c1-16(2)13-21-25(31-15-17-9-5-4-6-10-17)28-22(24(27-21)30-3)14-19-18-11-7-8-12-20(18)26-23(19)29/h4-12,16,19H,13-15H2,1-3H3,(H,26,29). The van der Waals surface area contributed by atoms with Crippen molar-refractivity contribution in [2.75, 3.05) is 12.4 Å². The minimum atomic E-state index is -0.336. The van der Waals surface area contributed by atoms with E-state index in [-0.39, 0.29) is 11.8 Å². The van der Waals surface area contributed by atoms with Crippen molar-refractivity contribution < 1.29 is 14.3 Å².